The molecule has 1 saturated carbocycles. The van der Waals surface area contributed by atoms with Gasteiger partial charge in [-0.1, -0.05) is 20.3 Å². The average Bonchev–Trinajstić information content (AvgIpc) is 3.05. The second kappa shape index (κ2) is 6.58. The average molecular weight is 264 g/mol. The minimum atomic E-state index is 0.371. The van der Waals surface area contributed by atoms with Gasteiger partial charge in [-0.3, -0.25) is 0 Å². The maximum absolute atomic E-state index is 5.14. The quantitative estimate of drug-likeness (QED) is 0.742. The van der Waals surface area contributed by atoms with Crippen LogP contribution in [0.25, 0.3) is 0 Å². The summed E-state index contributed by atoms with van der Waals surface area (Å²) in [5, 5.41) is 3.70. The Kier molecular flexibility index (Phi) is 5.06. The van der Waals surface area contributed by atoms with Crippen LogP contribution in [-0.4, -0.2) is 31.1 Å². The van der Waals surface area contributed by atoms with Crippen LogP contribution in [0.1, 0.15) is 45.1 Å². The van der Waals surface area contributed by atoms with E-state index in [1.807, 2.05) is 6.26 Å². The highest BCUT2D eigenvalue weighted by atomic mass is 16.3. The lowest BCUT2D eigenvalue weighted by atomic mass is 9.84. The fourth-order valence-corrected chi connectivity index (χ4v) is 2.91. The van der Waals surface area contributed by atoms with Crippen molar-refractivity contribution in [3.05, 3.63) is 24.2 Å². The summed E-state index contributed by atoms with van der Waals surface area (Å²) >= 11 is 0. The highest BCUT2D eigenvalue weighted by Crippen LogP contribution is 2.27. The van der Waals surface area contributed by atoms with Gasteiger partial charge in [0.1, 0.15) is 0 Å². The van der Waals surface area contributed by atoms with Crippen molar-refractivity contribution in [1.29, 1.82) is 0 Å². The molecule has 0 amide bonds. The molecule has 1 aliphatic carbocycles. The Balaban J connectivity index is 1.82. The summed E-state index contributed by atoms with van der Waals surface area (Å²) in [6.45, 7) is 7.94. The maximum atomic E-state index is 5.14. The van der Waals surface area contributed by atoms with Crippen LogP contribution in [-0.2, 0) is 6.54 Å². The Labute approximate surface area is 117 Å². The lowest BCUT2D eigenvalue weighted by Crippen LogP contribution is -2.41. The summed E-state index contributed by atoms with van der Waals surface area (Å²) in [4.78, 5) is 2.41. The van der Waals surface area contributed by atoms with E-state index in [9.17, 15) is 0 Å². The molecule has 0 bridgehead atoms. The van der Waals surface area contributed by atoms with Gasteiger partial charge in [-0.2, -0.15) is 0 Å². The van der Waals surface area contributed by atoms with E-state index in [1.165, 1.54) is 31.2 Å². The van der Waals surface area contributed by atoms with Crippen LogP contribution >= 0.6 is 0 Å². The van der Waals surface area contributed by atoms with Crippen molar-refractivity contribution in [2.75, 3.05) is 20.1 Å². The van der Waals surface area contributed by atoms with Gasteiger partial charge in [-0.15, -0.1) is 0 Å². The SMILES string of the molecule is CCCC(C)(CNC1CC1)CN(C)Cc1ccoc1. The molecule has 1 N–H and O–H groups in total. The third kappa shape index (κ3) is 5.00. The number of nitrogens with one attached hydrogen (secondary N) is 1. The molecule has 1 heterocycles. The van der Waals surface area contributed by atoms with Gasteiger partial charge in [0.2, 0.25) is 0 Å². The molecule has 1 aliphatic rings. The van der Waals surface area contributed by atoms with E-state index < -0.39 is 0 Å². The van der Waals surface area contributed by atoms with E-state index >= 15 is 0 Å². The van der Waals surface area contributed by atoms with Crippen molar-refractivity contribution in [2.24, 2.45) is 5.41 Å². The lowest BCUT2D eigenvalue weighted by Gasteiger charge is -2.34. The van der Waals surface area contributed by atoms with Gasteiger partial charge in [0.05, 0.1) is 12.5 Å². The first kappa shape index (κ1) is 14.6. The largest absolute Gasteiger partial charge is 0.472 e. The van der Waals surface area contributed by atoms with E-state index in [0.717, 1.165) is 25.7 Å². The predicted octanol–water partition coefficient (Wildman–Crippen LogP) is 3.27. The normalized spacial score (nSPS) is 18.7. The van der Waals surface area contributed by atoms with E-state index in [2.05, 4.69) is 37.2 Å². The molecule has 0 saturated heterocycles. The number of hydrogen-bond acceptors (Lipinski definition) is 3. The molecule has 0 radical (unpaired) electrons. The molecule has 0 aliphatic heterocycles. The van der Waals surface area contributed by atoms with Gasteiger partial charge in [0, 0.05) is 31.2 Å². The second-order valence-corrected chi connectivity index (χ2v) is 6.52. The first-order chi connectivity index (χ1) is 9.11. The second-order valence-electron chi connectivity index (χ2n) is 6.52. The molecule has 0 spiro atoms. The molecule has 1 atom stereocenters. The highest BCUT2D eigenvalue weighted by Gasteiger charge is 2.29. The molecular formula is C16H28N2O. The Morgan fingerprint density at radius 3 is 2.84 bits per heavy atom. The lowest BCUT2D eigenvalue weighted by molar-refractivity contribution is 0.167. The topological polar surface area (TPSA) is 28.4 Å². The van der Waals surface area contributed by atoms with Crippen molar-refractivity contribution >= 4 is 0 Å². The van der Waals surface area contributed by atoms with Crippen LogP contribution in [0.3, 0.4) is 0 Å². The third-order valence-corrected chi connectivity index (χ3v) is 3.93. The van der Waals surface area contributed by atoms with Crippen LogP contribution < -0.4 is 5.32 Å². The van der Waals surface area contributed by atoms with Crippen LogP contribution in [0.5, 0.6) is 0 Å². The summed E-state index contributed by atoms with van der Waals surface area (Å²) in [6, 6.07) is 2.85. The minimum absolute atomic E-state index is 0.371. The zero-order chi connectivity index (χ0) is 13.7. The van der Waals surface area contributed by atoms with E-state index in [4.69, 9.17) is 4.42 Å². The number of rotatable bonds is 9. The molecule has 3 nitrogen and oxygen atoms in total. The highest BCUT2D eigenvalue weighted by molar-refractivity contribution is 5.04. The summed E-state index contributed by atoms with van der Waals surface area (Å²) in [5.41, 5.74) is 1.63. The summed E-state index contributed by atoms with van der Waals surface area (Å²) < 4.78 is 5.14. The first-order valence-electron chi connectivity index (χ1n) is 7.54. The molecule has 1 unspecified atom stereocenters. The van der Waals surface area contributed by atoms with Crippen molar-refractivity contribution in [1.82, 2.24) is 10.2 Å². The van der Waals surface area contributed by atoms with Gasteiger partial charge in [0.15, 0.2) is 0 Å². The molecule has 1 aromatic heterocycles. The molecule has 0 aromatic carbocycles. The minimum Gasteiger partial charge on any atom is -0.472 e. The Hall–Kier alpha value is -0.800. The molecule has 19 heavy (non-hydrogen) atoms. The van der Waals surface area contributed by atoms with E-state index in [0.29, 0.717) is 5.41 Å². The summed E-state index contributed by atoms with van der Waals surface area (Å²) in [7, 11) is 2.21. The summed E-state index contributed by atoms with van der Waals surface area (Å²) in [5.74, 6) is 0. The van der Waals surface area contributed by atoms with Gasteiger partial charge in [0.25, 0.3) is 0 Å². The van der Waals surface area contributed by atoms with E-state index in [1.54, 1.807) is 6.26 Å². The molecule has 3 heteroatoms. The van der Waals surface area contributed by atoms with Crippen LogP contribution in [0.4, 0.5) is 0 Å². The fourth-order valence-electron chi connectivity index (χ4n) is 2.91. The maximum Gasteiger partial charge on any atom is 0.0947 e. The fraction of sp³-hybridized carbons (Fsp3) is 0.750. The van der Waals surface area contributed by atoms with E-state index in [-0.39, 0.29) is 0 Å². The number of furan rings is 1. The van der Waals surface area contributed by atoms with Crippen molar-refractivity contribution in [3.8, 4) is 0 Å². The zero-order valence-corrected chi connectivity index (χ0v) is 12.6. The molecule has 108 valence electrons. The standard InChI is InChI=1S/C16H28N2O/c1-4-8-16(2,12-17-15-5-6-15)13-18(3)10-14-7-9-19-11-14/h7,9,11,15,17H,4-6,8,10,12-13H2,1-3H3. The Morgan fingerprint density at radius 1 is 1.47 bits per heavy atom. The van der Waals surface area contributed by atoms with Crippen LogP contribution in [0.2, 0.25) is 0 Å². The Bertz CT molecular complexity index is 359. The smallest absolute Gasteiger partial charge is 0.0947 e. The predicted molar refractivity (Wildman–Crippen MR) is 79.1 cm³/mol. The monoisotopic (exact) mass is 264 g/mol. The number of nitrogens with zero attached hydrogens (tertiary/aromatic N) is 1. The number of hydrogen-bond donors (Lipinski definition) is 1. The van der Waals surface area contributed by atoms with Crippen molar-refractivity contribution in [3.63, 3.8) is 0 Å². The van der Waals surface area contributed by atoms with Crippen molar-refractivity contribution in [2.45, 2.75) is 52.1 Å². The van der Waals surface area contributed by atoms with Gasteiger partial charge in [-0.05, 0) is 37.8 Å². The Morgan fingerprint density at radius 2 is 2.26 bits per heavy atom. The molecule has 1 fully saturated rings. The molecule has 2 rings (SSSR count). The van der Waals surface area contributed by atoms with Gasteiger partial charge in [-0.25, -0.2) is 0 Å². The van der Waals surface area contributed by atoms with Crippen LogP contribution in [0, 0.1) is 5.41 Å². The zero-order valence-electron chi connectivity index (χ0n) is 12.6. The molecule has 1 aromatic rings. The first-order valence-corrected chi connectivity index (χ1v) is 7.54. The summed E-state index contributed by atoms with van der Waals surface area (Å²) in [6.07, 6.45) is 8.87. The third-order valence-electron chi connectivity index (χ3n) is 3.93. The van der Waals surface area contributed by atoms with Gasteiger partial charge < -0.3 is 14.6 Å². The van der Waals surface area contributed by atoms with Crippen LogP contribution in [0.15, 0.2) is 23.0 Å². The molecular weight excluding hydrogens is 236 g/mol. The van der Waals surface area contributed by atoms with Crippen molar-refractivity contribution < 1.29 is 4.42 Å². The van der Waals surface area contributed by atoms with Gasteiger partial charge >= 0.3 is 0 Å².